The molecule has 0 saturated heterocycles. The summed E-state index contributed by atoms with van der Waals surface area (Å²) in [6, 6.07) is 8.05. The van der Waals surface area contributed by atoms with Crippen molar-refractivity contribution in [3.05, 3.63) is 42.2 Å². The minimum atomic E-state index is 0.0422. The van der Waals surface area contributed by atoms with E-state index in [-0.39, 0.29) is 5.91 Å². The van der Waals surface area contributed by atoms with Crippen LogP contribution in [-0.2, 0) is 0 Å². The van der Waals surface area contributed by atoms with Crippen LogP contribution in [0.15, 0.2) is 36.7 Å². The van der Waals surface area contributed by atoms with Crippen LogP contribution in [-0.4, -0.2) is 16.9 Å². The molecular weight excluding hydrogens is 224 g/mol. The Labute approximate surface area is 106 Å². The van der Waals surface area contributed by atoms with Crippen LogP contribution in [0.3, 0.4) is 0 Å². The smallest absolute Gasteiger partial charge is 0.251 e. The first-order chi connectivity index (χ1) is 8.83. The zero-order chi connectivity index (χ0) is 12.4. The highest BCUT2D eigenvalue weighted by Crippen LogP contribution is 2.19. The minimum absolute atomic E-state index is 0.0422. The van der Waals surface area contributed by atoms with Crippen LogP contribution in [0.4, 0.5) is 0 Å². The normalized spacial score (nSPS) is 16.0. The van der Waals surface area contributed by atoms with Crippen molar-refractivity contribution < 1.29 is 4.79 Å². The predicted octanol–water partition coefficient (Wildman–Crippen LogP) is 2.91. The van der Waals surface area contributed by atoms with Gasteiger partial charge in [-0.25, -0.2) is 0 Å². The van der Waals surface area contributed by atoms with E-state index in [2.05, 4.69) is 10.3 Å². The van der Waals surface area contributed by atoms with E-state index >= 15 is 0 Å². The summed E-state index contributed by atoms with van der Waals surface area (Å²) in [5, 5.41) is 5.23. The number of pyridine rings is 1. The molecule has 1 aliphatic carbocycles. The number of benzene rings is 1. The number of nitrogens with one attached hydrogen (secondary N) is 1. The average molecular weight is 240 g/mol. The van der Waals surface area contributed by atoms with Crippen LogP contribution in [0.25, 0.3) is 10.8 Å². The van der Waals surface area contributed by atoms with Crippen molar-refractivity contribution in [3.63, 3.8) is 0 Å². The van der Waals surface area contributed by atoms with Crippen molar-refractivity contribution >= 4 is 16.7 Å². The Hall–Kier alpha value is -1.90. The second-order valence-electron chi connectivity index (χ2n) is 4.89. The summed E-state index contributed by atoms with van der Waals surface area (Å²) in [6.07, 6.45) is 8.25. The van der Waals surface area contributed by atoms with Crippen LogP contribution in [0.5, 0.6) is 0 Å². The Balaban J connectivity index is 1.82. The van der Waals surface area contributed by atoms with Crippen molar-refractivity contribution in [2.45, 2.75) is 31.7 Å². The number of amides is 1. The maximum Gasteiger partial charge on any atom is 0.251 e. The summed E-state index contributed by atoms with van der Waals surface area (Å²) in [7, 11) is 0. The predicted molar refractivity (Wildman–Crippen MR) is 71.5 cm³/mol. The largest absolute Gasteiger partial charge is 0.349 e. The minimum Gasteiger partial charge on any atom is -0.349 e. The Morgan fingerprint density at radius 2 is 2.00 bits per heavy atom. The Bertz CT molecular complexity index is 573. The lowest BCUT2D eigenvalue weighted by atomic mass is 10.1. The molecule has 1 heterocycles. The molecule has 0 spiro atoms. The van der Waals surface area contributed by atoms with Gasteiger partial charge in [0.1, 0.15) is 0 Å². The highest BCUT2D eigenvalue weighted by molar-refractivity contribution is 5.98. The molecule has 3 rings (SSSR count). The van der Waals surface area contributed by atoms with Gasteiger partial charge in [-0.15, -0.1) is 0 Å². The summed E-state index contributed by atoms with van der Waals surface area (Å²) in [5.41, 5.74) is 0.737. The average Bonchev–Trinajstić information content (AvgIpc) is 2.91. The lowest BCUT2D eigenvalue weighted by Gasteiger charge is -2.12. The lowest BCUT2D eigenvalue weighted by Crippen LogP contribution is -2.32. The highest BCUT2D eigenvalue weighted by Gasteiger charge is 2.17. The summed E-state index contributed by atoms with van der Waals surface area (Å²) >= 11 is 0. The number of carbonyl (C=O) groups is 1. The molecule has 3 nitrogen and oxygen atoms in total. The number of hydrogen-bond donors (Lipinski definition) is 1. The molecule has 1 aliphatic rings. The van der Waals surface area contributed by atoms with Crippen LogP contribution in [0, 0.1) is 0 Å². The van der Waals surface area contributed by atoms with E-state index < -0.39 is 0 Å². The van der Waals surface area contributed by atoms with Gasteiger partial charge in [-0.1, -0.05) is 18.9 Å². The van der Waals surface area contributed by atoms with Gasteiger partial charge >= 0.3 is 0 Å². The van der Waals surface area contributed by atoms with Gasteiger partial charge in [0.05, 0.1) is 0 Å². The summed E-state index contributed by atoms with van der Waals surface area (Å²) in [6.45, 7) is 0. The Morgan fingerprint density at radius 3 is 2.83 bits per heavy atom. The maximum absolute atomic E-state index is 12.1. The molecule has 1 aromatic carbocycles. The molecule has 0 atom stereocenters. The van der Waals surface area contributed by atoms with Gasteiger partial charge in [0.2, 0.25) is 0 Å². The second kappa shape index (κ2) is 4.77. The molecule has 3 heteroatoms. The van der Waals surface area contributed by atoms with Crippen molar-refractivity contribution in [2.75, 3.05) is 0 Å². The van der Waals surface area contributed by atoms with Crippen molar-refractivity contribution in [2.24, 2.45) is 0 Å². The van der Waals surface area contributed by atoms with Gasteiger partial charge in [0.15, 0.2) is 0 Å². The van der Waals surface area contributed by atoms with E-state index in [0.717, 1.165) is 29.2 Å². The molecule has 0 unspecified atom stereocenters. The molecule has 0 radical (unpaired) electrons. The SMILES string of the molecule is O=C(NC1CCCC1)c1ccc2cnccc2c1. The number of carbonyl (C=O) groups excluding carboxylic acids is 1. The quantitative estimate of drug-likeness (QED) is 0.877. The number of rotatable bonds is 2. The summed E-state index contributed by atoms with van der Waals surface area (Å²) in [4.78, 5) is 16.2. The molecule has 1 aromatic heterocycles. The van der Waals surface area contributed by atoms with Crippen molar-refractivity contribution in [3.8, 4) is 0 Å². The number of nitrogens with zero attached hydrogens (tertiary/aromatic N) is 1. The third kappa shape index (κ3) is 2.21. The first-order valence-corrected chi connectivity index (χ1v) is 6.47. The van der Waals surface area contributed by atoms with E-state index in [1.54, 1.807) is 6.20 Å². The lowest BCUT2D eigenvalue weighted by molar-refractivity contribution is 0.0938. The van der Waals surface area contributed by atoms with Gasteiger partial charge in [0.25, 0.3) is 5.91 Å². The van der Waals surface area contributed by atoms with E-state index in [4.69, 9.17) is 0 Å². The van der Waals surface area contributed by atoms with E-state index in [0.29, 0.717) is 6.04 Å². The maximum atomic E-state index is 12.1. The van der Waals surface area contributed by atoms with Crippen LogP contribution in [0.2, 0.25) is 0 Å². The number of fused-ring (bicyclic) bond motifs is 1. The van der Waals surface area contributed by atoms with Crippen molar-refractivity contribution in [1.82, 2.24) is 10.3 Å². The van der Waals surface area contributed by atoms with Crippen LogP contribution < -0.4 is 5.32 Å². The molecule has 0 bridgehead atoms. The standard InChI is InChI=1S/C15H16N2O/c18-15(17-14-3-1-2-4-14)12-5-6-13-10-16-8-7-11(13)9-12/h5-10,14H,1-4H2,(H,17,18). The van der Waals surface area contributed by atoms with Crippen LogP contribution in [0.1, 0.15) is 36.0 Å². The fourth-order valence-electron chi connectivity index (χ4n) is 2.56. The fraction of sp³-hybridized carbons (Fsp3) is 0.333. The van der Waals surface area contributed by atoms with E-state index in [1.165, 1.54) is 12.8 Å². The first-order valence-electron chi connectivity index (χ1n) is 6.47. The van der Waals surface area contributed by atoms with Gasteiger partial charge in [-0.05, 0) is 36.4 Å². The summed E-state index contributed by atoms with van der Waals surface area (Å²) < 4.78 is 0. The van der Waals surface area contributed by atoms with Gasteiger partial charge in [0, 0.05) is 29.4 Å². The number of aromatic nitrogens is 1. The van der Waals surface area contributed by atoms with E-state index in [1.807, 2.05) is 30.5 Å². The molecule has 0 aliphatic heterocycles. The van der Waals surface area contributed by atoms with Gasteiger partial charge < -0.3 is 5.32 Å². The first kappa shape index (κ1) is 11.2. The van der Waals surface area contributed by atoms with Crippen LogP contribution >= 0.6 is 0 Å². The third-order valence-corrected chi connectivity index (χ3v) is 3.59. The van der Waals surface area contributed by atoms with Crippen molar-refractivity contribution in [1.29, 1.82) is 0 Å². The zero-order valence-electron chi connectivity index (χ0n) is 10.2. The monoisotopic (exact) mass is 240 g/mol. The fourth-order valence-corrected chi connectivity index (χ4v) is 2.56. The third-order valence-electron chi connectivity index (χ3n) is 3.59. The highest BCUT2D eigenvalue weighted by atomic mass is 16.1. The van der Waals surface area contributed by atoms with Gasteiger partial charge in [-0.2, -0.15) is 0 Å². The molecule has 1 N–H and O–H groups in total. The molecule has 92 valence electrons. The van der Waals surface area contributed by atoms with E-state index in [9.17, 15) is 4.79 Å². The molecule has 1 saturated carbocycles. The molecule has 1 fully saturated rings. The Morgan fingerprint density at radius 1 is 1.17 bits per heavy atom. The second-order valence-corrected chi connectivity index (χ2v) is 4.89. The molecule has 18 heavy (non-hydrogen) atoms. The van der Waals surface area contributed by atoms with Gasteiger partial charge in [-0.3, -0.25) is 9.78 Å². The summed E-state index contributed by atoms with van der Waals surface area (Å²) in [5.74, 6) is 0.0422. The molecular formula is C15H16N2O. The zero-order valence-corrected chi connectivity index (χ0v) is 10.2. The topological polar surface area (TPSA) is 42.0 Å². The Kier molecular flexibility index (Phi) is 2.97. The molecule has 1 amide bonds. The molecule has 2 aromatic rings. The number of hydrogen-bond acceptors (Lipinski definition) is 2.